The van der Waals surface area contributed by atoms with Crippen LogP contribution in [0.15, 0.2) is 48.5 Å². The topological polar surface area (TPSA) is 41.9 Å². The predicted molar refractivity (Wildman–Crippen MR) is 98.9 cm³/mol. The number of benzene rings is 2. The van der Waals surface area contributed by atoms with Gasteiger partial charge in [-0.2, -0.15) is 0 Å². The van der Waals surface area contributed by atoms with Gasteiger partial charge in [-0.1, -0.05) is 36.4 Å². The number of ether oxygens (including phenoxy) is 2. The highest BCUT2D eigenvalue weighted by atomic mass is 16.5. The van der Waals surface area contributed by atoms with Gasteiger partial charge in [-0.15, -0.1) is 0 Å². The Balaban J connectivity index is 1.40. The summed E-state index contributed by atoms with van der Waals surface area (Å²) in [5.74, 6) is 0.839. The van der Waals surface area contributed by atoms with E-state index in [4.69, 9.17) is 9.47 Å². The van der Waals surface area contributed by atoms with Crippen molar-refractivity contribution in [2.75, 3.05) is 33.4 Å². The van der Waals surface area contributed by atoms with Crippen molar-refractivity contribution in [3.05, 3.63) is 65.2 Å². The summed E-state index contributed by atoms with van der Waals surface area (Å²) in [5, 5.41) is 10.3. The summed E-state index contributed by atoms with van der Waals surface area (Å²) >= 11 is 0. The van der Waals surface area contributed by atoms with E-state index in [1.54, 1.807) is 7.11 Å². The molecule has 0 saturated heterocycles. The van der Waals surface area contributed by atoms with Gasteiger partial charge in [-0.25, -0.2) is 0 Å². The van der Waals surface area contributed by atoms with E-state index < -0.39 is 6.10 Å². The molecule has 1 atom stereocenters. The van der Waals surface area contributed by atoms with Gasteiger partial charge in [0.05, 0.1) is 26.4 Å². The van der Waals surface area contributed by atoms with Gasteiger partial charge < -0.3 is 19.5 Å². The number of aliphatic hydroxyl groups is 1. The first-order chi connectivity index (χ1) is 12.2. The van der Waals surface area contributed by atoms with Gasteiger partial charge in [0, 0.05) is 19.6 Å². The molecule has 0 spiro atoms. The Morgan fingerprint density at radius 2 is 1.64 bits per heavy atom. The molecule has 1 aliphatic heterocycles. The number of rotatable bonds is 7. The SMILES string of the molecule is COc1ccc(COCC(O)CN2CCc3ccccc3CC2)cc1. The quantitative estimate of drug-likeness (QED) is 0.841. The molecule has 1 heterocycles. The monoisotopic (exact) mass is 341 g/mol. The molecule has 25 heavy (non-hydrogen) atoms. The average molecular weight is 341 g/mol. The lowest BCUT2D eigenvalue weighted by Gasteiger charge is -2.23. The number of β-amino-alcohol motifs (C(OH)–C–C–N with tert-alkyl or cyclic N) is 1. The highest BCUT2D eigenvalue weighted by Gasteiger charge is 2.16. The molecular weight excluding hydrogens is 314 g/mol. The van der Waals surface area contributed by atoms with Crippen LogP contribution in [0.1, 0.15) is 16.7 Å². The standard InChI is InChI=1S/C21H27NO3/c1-24-21-8-6-17(7-9-21)15-25-16-20(23)14-22-12-10-18-4-2-3-5-19(18)11-13-22/h2-9,20,23H,10-16H2,1H3. The Morgan fingerprint density at radius 1 is 1.00 bits per heavy atom. The Kier molecular flexibility index (Phi) is 6.45. The Hall–Kier alpha value is -1.88. The van der Waals surface area contributed by atoms with Gasteiger partial charge in [0.2, 0.25) is 0 Å². The lowest BCUT2D eigenvalue weighted by atomic mass is 10.0. The summed E-state index contributed by atoms with van der Waals surface area (Å²) < 4.78 is 10.8. The van der Waals surface area contributed by atoms with E-state index in [1.165, 1.54) is 11.1 Å². The number of hydrogen-bond acceptors (Lipinski definition) is 4. The largest absolute Gasteiger partial charge is 0.497 e. The van der Waals surface area contributed by atoms with Crippen LogP contribution < -0.4 is 4.74 Å². The molecule has 1 N–H and O–H groups in total. The first-order valence-corrected chi connectivity index (χ1v) is 8.92. The second-order valence-corrected chi connectivity index (χ2v) is 6.59. The third-order valence-corrected chi connectivity index (χ3v) is 4.72. The Bertz CT molecular complexity index is 629. The molecule has 1 unspecified atom stereocenters. The van der Waals surface area contributed by atoms with Crippen molar-refractivity contribution in [1.82, 2.24) is 4.90 Å². The van der Waals surface area contributed by atoms with Crippen LogP contribution in [0.25, 0.3) is 0 Å². The van der Waals surface area contributed by atoms with Crippen LogP contribution in [0.5, 0.6) is 5.75 Å². The molecule has 3 rings (SSSR count). The number of hydrogen-bond donors (Lipinski definition) is 1. The highest BCUT2D eigenvalue weighted by Crippen LogP contribution is 2.16. The molecule has 134 valence electrons. The van der Waals surface area contributed by atoms with Crippen LogP contribution in [0.3, 0.4) is 0 Å². The van der Waals surface area contributed by atoms with E-state index >= 15 is 0 Å². The molecule has 4 nitrogen and oxygen atoms in total. The number of aliphatic hydroxyl groups excluding tert-OH is 1. The fourth-order valence-corrected chi connectivity index (χ4v) is 3.28. The van der Waals surface area contributed by atoms with Crippen LogP contribution >= 0.6 is 0 Å². The maximum Gasteiger partial charge on any atom is 0.118 e. The average Bonchev–Trinajstić information content (AvgIpc) is 2.85. The lowest BCUT2D eigenvalue weighted by molar-refractivity contribution is 0.0105. The van der Waals surface area contributed by atoms with Crippen molar-refractivity contribution in [3.63, 3.8) is 0 Å². The van der Waals surface area contributed by atoms with Crippen LogP contribution in [-0.4, -0.2) is 49.5 Å². The summed E-state index contributed by atoms with van der Waals surface area (Å²) in [6.45, 7) is 3.51. The van der Waals surface area contributed by atoms with Crippen molar-refractivity contribution in [1.29, 1.82) is 0 Å². The number of fused-ring (bicyclic) bond motifs is 1. The minimum atomic E-state index is -0.459. The fourth-order valence-electron chi connectivity index (χ4n) is 3.28. The fraction of sp³-hybridized carbons (Fsp3) is 0.429. The summed E-state index contributed by atoms with van der Waals surface area (Å²) in [5.41, 5.74) is 3.96. The zero-order chi connectivity index (χ0) is 17.5. The van der Waals surface area contributed by atoms with E-state index in [-0.39, 0.29) is 0 Å². The van der Waals surface area contributed by atoms with Gasteiger partial charge in [-0.05, 0) is 41.7 Å². The molecule has 0 saturated carbocycles. The Morgan fingerprint density at radius 3 is 2.24 bits per heavy atom. The second-order valence-electron chi connectivity index (χ2n) is 6.59. The summed E-state index contributed by atoms with van der Waals surface area (Å²) in [7, 11) is 1.66. The minimum Gasteiger partial charge on any atom is -0.497 e. The van der Waals surface area contributed by atoms with Crippen molar-refractivity contribution in [2.24, 2.45) is 0 Å². The molecular formula is C21H27NO3. The van der Waals surface area contributed by atoms with Crippen LogP contribution in [-0.2, 0) is 24.2 Å². The normalized spacial score (nSPS) is 16.1. The third kappa shape index (κ3) is 5.30. The molecule has 4 heteroatoms. The molecule has 0 bridgehead atoms. The highest BCUT2D eigenvalue weighted by molar-refractivity contribution is 5.28. The van der Waals surface area contributed by atoms with Crippen LogP contribution in [0.4, 0.5) is 0 Å². The molecule has 0 fully saturated rings. The first kappa shape index (κ1) is 17.9. The maximum atomic E-state index is 10.3. The third-order valence-electron chi connectivity index (χ3n) is 4.72. The lowest BCUT2D eigenvalue weighted by Crippen LogP contribution is -2.36. The van der Waals surface area contributed by atoms with E-state index in [2.05, 4.69) is 29.2 Å². The summed E-state index contributed by atoms with van der Waals surface area (Å²) in [6, 6.07) is 16.5. The van der Waals surface area contributed by atoms with Crippen LogP contribution in [0.2, 0.25) is 0 Å². The van der Waals surface area contributed by atoms with Crippen molar-refractivity contribution < 1.29 is 14.6 Å². The molecule has 0 amide bonds. The van der Waals surface area contributed by atoms with E-state index in [0.29, 0.717) is 19.8 Å². The second kappa shape index (κ2) is 8.99. The summed E-state index contributed by atoms with van der Waals surface area (Å²) in [4.78, 5) is 2.33. The van der Waals surface area contributed by atoms with Gasteiger partial charge in [0.1, 0.15) is 5.75 Å². The van der Waals surface area contributed by atoms with Crippen molar-refractivity contribution >= 4 is 0 Å². The first-order valence-electron chi connectivity index (χ1n) is 8.92. The van der Waals surface area contributed by atoms with Gasteiger partial charge in [0.15, 0.2) is 0 Å². The minimum absolute atomic E-state index is 0.357. The van der Waals surface area contributed by atoms with E-state index in [1.807, 2.05) is 24.3 Å². The molecule has 2 aromatic rings. The van der Waals surface area contributed by atoms with E-state index in [9.17, 15) is 5.11 Å². The maximum absolute atomic E-state index is 10.3. The number of nitrogens with zero attached hydrogens (tertiary/aromatic N) is 1. The Labute approximate surface area is 150 Å². The predicted octanol–water partition coefficient (Wildman–Crippen LogP) is 2.67. The van der Waals surface area contributed by atoms with Gasteiger partial charge in [-0.3, -0.25) is 0 Å². The molecule has 0 aromatic heterocycles. The van der Waals surface area contributed by atoms with Crippen molar-refractivity contribution in [3.8, 4) is 5.75 Å². The molecule has 0 radical (unpaired) electrons. The summed E-state index contributed by atoms with van der Waals surface area (Å²) in [6.07, 6.45) is 1.64. The zero-order valence-corrected chi connectivity index (χ0v) is 14.9. The molecule has 1 aliphatic rings. The zero-order valence-electron chi connectivity index (χ0n) is 14.9. The van der Waals surface area contributed by atoms with Gasteiger partial charge in [0.25, 0.3) is 0 Å². The molecule has 0 aliphatic carbocycles. The van der Waals surface area contributed by atoms with Gasteiger partial charge >= 0.3 is 0 Å². The van der Waals surface area contributed by atoms with Crippen molar-refractivity contribution in [2.45, 2.75) is 25.6 Å². The smallest absolute Gasteiger partial charge is 0.118 e. The molecule has 2 aromatic carbocycles. The van der Waals surface area contributed by atoms with E-state index in [0.717, 1.165) is 37.2 Å². The van der Waals surface area contributed by atoms with Crippen LogP contribution in [0, 0.1) is 0 Å². The number of methoxy groups -OCH3 is 1.